The Labute approximate surface area is 181 Å². The number of ether oxygens (including phenoxy) is 1. The van der Waals surface area contributed by atoms with Gasteiger partial charge in [-0.25, -0.2) is 0 Å². The fourth-order valence-corrected chi connectivity index (χ4v) is 4.42. The lowest BCUT2D eigenvalue weighted by atomic mass is 9.87. The zero-order chi connectivity index (χ0) is 21.5. The van der Waals surface area contributed by atoms with Crippen molar-refractivity contribution in [2.75, 3.05) is 11.4 Å². The summed E-state index contributed by atoms with van der Waals surface area (Å²) in [5.74, 6) is 0.845. The zero-order valence-electron chi connectivity index (χ0n) is 17.6. The number of hydrogen-bond donors (Lipinski definition) is 1. The van der Waals surface area contributed by atoms with Crippen molar-refractivity contribution >= 4 is 17.5 Å². The molecule has 3 aromatic carbocycles. The fourth-order valence-electron chi connectivity index (χ4n) is 4.42. The molecule has 156 valence electrons. The van der Waals surface area contributed by atoms with Gasteiger partial charge >= 0.3 is 0 Å². The molecule has 0 saturated carbocycles. The van der Waals surface area contributed by atoms with Gasteiger partial charge in [-0.15, -0.1) is 0 Å². The van der Waals surface area contributed by atoms with E-state index in [0.717, 1.165) is 22.4 Å². The van der Waals surface area contributed by atoms with Crippen LogP contribution in [0.15, 0.2) is 66.7 Å². The lowest BCUT2D eigenvalue weighted by Gasteiger charge is -2.28. The second-order valence-corrected chi connectivity index (χ2v) is 8.29. The van der Waals surface area contributed by atoms with E-state index in [-0.39, 0.29) is 17.9 Å². The molecule has 5 nitrogen and oxygen atoms in total. The normalized spacial score (nSPS) is 17.7. The highest BCUT2D eigenvalue weighted by Crippen LogP contribution is 2.44. The van der Waals surface area contributed by atoms with E-state index in [4.69, 9.17) is 4.74 Å². The molecule has 0 aromatic heterocycles. The van der Waals surface area contributed by atoms with Crippen LogP contribution in [0.1, 0.15) is 34.6 Å². The topological polar surface area (TPSA) is 58.6 Å². The molecule has 2 heterocycles. The van der Waals surface area contributed by atoms with Crippen molar-refractivity contribution in [2.24, 2.45) is 0 Å². The second-order valence-electron chi connectivity index (χ2n) is 8.29. The summed E-state index contributed by atoms with van der Waals surface area (Å²) in [4.78, 5) is 27.9. The van der Waals surface area contributed by atoms with Crippen molar-refractivity contribution in [3.63, 3.8) is 0 Å². The van der Waals surface area contributed by atoms with Crippen LogP contribution in [0.5, 0.6) is 11.5 Å². The number of benzene rings is 3. The van der Waals surface area contributed by atoms with Crippen molar-refractivity contribution in [2.45, 2.75) is 32.2 Å². The number of hydrogen-bond acceptors (Lipinski definition) is 3. The minimum atomic E-state index is -0.466. The van der Waals surface area contributed by atoms with Gasteiger partial charge in [0.1, 0.15) is 11.5 Å². The summed E-state index contributed by atoms with van der Waals surface area (Å²) in [7, 11) is 0. The van der Waals surface area contributed by atoms with E-state index in [0.29, 0.717) is 24.5 Å². The van der Waals surface area contributed by atoms with E-state index < -0.39 is 5.92 Å². The Morgan fingerprint density at radius 3 is 2.23 bits per heavy atom. The van der Waals surface area contributed by atoms with Gasteiger partial charge < -0.3 is 15.0 Å². The van der Waals surface area contributed by atoms with Crippen LogP contribution in [-0.2, 0) is 9.59 Å². The number of fused-ring (bicyclic) bond motifs is 2. The number of carbonyl (C=O) groups is 2. The molecule has 0 bridgehead atoms. The maximum atomic E-state index is 13.4. The number of nitrogens with zero attached hydrogens (tertiary/aromatic N) is 1. The summed E-state index contributed by atoms with van der Waals surface area (Å²) in [6, 6.07) is 21.0. The van der Waals surface area contributed by atoms with Crippen LogP contribution in [0.25, 0.3) is 0 Å². The Kier molecular flexibility index (Phi) is 4.74. The fraction of sp³-hybridized carbons (Fsp3) is 0.231. The summed E-state index contributed by atoms with van der Waals surface area (Å²) < 4.78 is 6.00. The van der Waals surface area contributed by atoms with E-state index in [2.05, 4.69) is 12.2 Å². The van der Waals surface area contributed by atoms with Crippen molar-refractivity contribution in [3.8, 4) is 11.5 Å². The predicted molar refractivity (Wildman–Crippen MR) is 120 cm³/mol. The average molecular weight is 412 g/mol. The molecule has 2 aliphatic heterocycles. The molecule has 2 amide bonds. The van der Waals surface area contributed by atoms with Crippen LogP contribution in [0.2, 0.25) is 0 Å². The first-order valence-electron chi connectivity index (χ1n) is 10.5. The summed E-state index contributed by atoms with van der Waals surface area (Å²) >= 11 is 0. The number of aryl methyl sites for hydroxylation is 2. The minimum absolute atomic E-state index is 0.0290. The highest BCUT2D eigenvalue weighted by molar-refractivity contribution is 5.97. The number of carbonyl (C=O) groups excluding carboxylic acids is 2. The summed E-state index contributed by atoms with van der Waals surface area (Å²) in [5, 5.41) is 3.13. The van der Waals surface area contributed by atoms with Crippen LogP contribution < -0.4 is 15.0 Å². The third-order valence-corrected chi connectivity index (χ3v) is 6.22. The van der Waals surface area contributed by atoms with Gasteiger partial charge in [0.2, 0.25) is 11.8 Å². The van der Waals surface area contributed by atoms with Crippen LogP contribution in [0.4, 0.5) is 5.69 Å². The minimum Gasteiger partial charge on any atom is -0.457 e. The monoisotopic (exact) mass is 412 g/mol. The van der Waals surface area contributed by atoms with E-state index in [1.54, 1.807) is 4.90 Å². The first-order valence-corrected chi connectivity index (χ1v) is 10.5. The van der Waals surface area contributed by atoms with E-state index in [1.807, 2.05) is 73.7 Å². The van der Waals surface area contributed by atoms with Gasteiger partial charge in [0.25, 0.3) is 0 Å². The molecular weight excluding hydrogens is 388 g/mol. The molecule has 3 aromatic rings. The lowest BCUT2D eigenvalue weighted by Crippen LogP contribution is -2.40. The quantitative estimate of drug-likeness (QED) is 0.691. The van der Waals surface area contributed by atoms with Crippen LogP contribution in [-0.4, -0.2) is 24.4 Å². The van der Waals surface area contributed by atoms with E-state index in [9.17, 15) is 9.59 Å². The highest BCUT2D eigenvalue weighted by Gasteiger charge is 2.36. The van der Waals surface area contributed by atoms with Gasteiger partial charge in [-0.2, -0.15) is 0 Å². The SMILES string of the molecule is Cc1ccc(N2CC(NC(=O)C3c4ccccc4Oc4ccccc43)CC2=O)cc1C. The Balaban J connectivity index is 1.39. The van der Waals surface area contributed by atoms with Crippen molar-refractivity contribution in [1.29, 1.82) is 0 Å². The predicted octanol–water partition coefficient (Wildman–Crippen LogP) is 4.46. The first kappa shape index (κ1) is 19.4. The molecule has 1 saturated heterocycles. The van der Waals surface area contributed by atoms with Gasteiger partial charge in [-0.05, 0) is 49.2 Å². The molecule has 0 aliphatic carbocycles. The number of amides is 2. The molecular formula is C26H24N2O3. The molecule has 1 unspecified atom stereocenters. The van der Waals surface area contributed by atoms with Gasteiger partial charge in [0.05, 0.1) is 12.0 Å². The molecule has 1 N–H and O–H groups in total. The Morgan fingerprint density at radius 2 is 1.58 bits per heavy atom. The third-order valence-electron chi connectivity index (χ3n) is 6.22. The molecule has 1 atom stereocenters. The molecule has 2 aliphatic rings. The lowest BCUT2D eigenvalue weighted by molar-refractivity contribution is -0.122. The summed E-state index contributed by atoms with van der Waals surface area (Å²) in [6.45, 7) is 4.57. The second kappa shape index (κ2) is 7.58. The number of rotatable bonds is 3. The largest absolute Gasteiger partial charge is 0.457 e. The standard InChI is InChI=1S/C26H24N2O3/c1-16-11-12-19(13-17(16)2)28-15-18(14-24(28)29)27-26(30)25-20-7-3-5-9-22(20)31-23-10-6-4-8-21(23)25/h3-13,18,25H,14-15H2,1-2H3,(H,27,30). The third kappa shape index (κ3) is 3.46. The summed E-state index contributed by atoms with van der Waals surface area (Å²) in [6.07, 6.45) is 0.297. The van der Waals surface area contributed by atoms with Crippen molar-refractivity contribution in [1.82, 2.24) is 5.32 Å². The zero-order valence-corrected chi connectivity index (χ0v) is 17.6. The van der Waals surface area contributed by atoms with Crippen molar-refractivity contribution in [3.05, 3.63) is 89.0 Å². The maximum Gasteiger partial charge on any atom is 0.232 e. The van der Waals surface area contributed by atoms with Gasteiger partial charge in [0, 0.05) is 29.8 Å². The van der Waals surface area contributed by atoms with E-state index in [1.165, 1.54) is 5.56 Å². The molecule has 5 heteroatoms. The Bertz CT molecular complexity index is 1140. The Hall–Kier alpha value is -3.60. The van der Waals surface area contributed by atoms with Gasteiger partial charge in [-0.1, -0.05) is 42.5 Å². The number of anilines is 1. The Morgan fingerprint density at radius 1 is 0.935 bits per heavy atom. The summed E-state index contributed by atoms with van der Waals surface area (Å²) in [5.41, 5.74) is 4.90. The maximum absolute atomic E-state index is 13.4. The van der Waals surface area contributed by atoms with Crippen molar-refractivity contribution < 1.29 is 14.3 Å². The van der Waals surface area contributed by atoms with Gasteiger partial charge in [0.15, 0.2) is 0 Å². The molecule has 1 fully saturated rings. The average Bonchev–Trinajstić information content (AvgIpc) is 3.13. The molecule has 0 radical (unpaired) electrons. The molecule has 0 spiro atoms. The smallest absolute Gasteiger partial charge is 0.232 e. The van der Waals surface area contributed by atoms with E-state index >= 15 is 0 Å². The van der Waals surface area contributed by atoms with Gasteiger partial charge in [-0.3, -0.25) is 9.59 Å². The van der Waals surface area contributed by atoms with Crippen LogP contribution >= 0.6 is 0 Å². The number of nitrogens with one attached hydrogen (secondary N) is 1. The van der Waals surface area contributed by atoms with Crippen LogP contribution in [0, 0.1) is 13.8 Å². The molecule has 5 rings (SSSR count). The number of para-hydroxylation sites is 2. The van der Waals surface area contributed by atoms with Crippen LogP contribution in [0.3, 0.4) is 0 Å². The molecule has 31 heavy (non-hydrogen) atoms. The first-order chi connectivity index (χ1) is 15.0. The highest BCUT2D eigenvalue weighted by atomic mass is 16.5.